The van der Waals surface area contributed by atoms with Crippen LogP contribution in [0.4, 0.5) is 5.95 Å². The Morgan fingerprint density at radius 2 is 2.44 bits per heavy atom. The van der Waals surface area contributed by atoms with Crippen LogP contribution in [0.25, 0.3) is 0 Å². The molecule has 5 nitrogen and oxygen atoms in total. The Balaban J connectivity index is 1.66. The van der Waals surface area contributed by atoms with Gasteiger partial charge in [0.2, 0.25) is 5.95 Å². The zero-order valence-corrected chi connectivity index (χ0v) is 10.5. The van der Waals surface area contributed by atoms with Gasteiger partial charge in [-0.2, -0.15) is 0 Å². The lowest BCUT2D eigenvalue weighted by Crippen LogP contribution is -2.21. The molecule has 1 aromatic rings. The molecule has 0 aliphatic carbocycles. The highest BCUT2D eigenvalue weighted by Crippen LogP contribution is 2.19. The molecule has 1 saturated heterocycles. The zero-order valence-electron chi connectivity index (χ0n) is 9.65. The Kier molecular flexibility index (Phi) is 4.06. The zero-order chi connectivity index (χ0) is 11.4. The van der Waals surface area contributed by atoms with Crippen LogP contribution in [0.2, 0.25) is 0 Å². The topological polar surface area (TPSA) is 68.8 Å². The van der Waals surface area contributed by atoms with Gasteiger partial charge in [-0.3, -0.25) is 4.57 Å². The number of nitrogens with zero attached hydrogens (tertiary/aromatic N) is 3. The number of hydrogen-bond acceptors (Lipinski definition) is 5. The molecule has 0 spiro atoms. The number of aromatic nitrogens is 3. The van der Waals surface area contributed by atoms with Crippen molar-refractivity contribution in [2.45, 2.75) is 36.9 Å². The first-order valence-corrected chi connectivity index (χ1v) is 6.77. The SMILES string of the molecule is Cn1c(N)nnc1SCCCC1CCCN1. The monoisotopic (exact) mass is 241 g/mol. The molecule has 6 heteroatoms. The van der Waals surface area contributed by atoms with Crippen LogP contribution in [0.3, 0.4) is 0 Å². The lowest BCUT2D eigenvalue weighted by molar-refractivity contribution is 0.553. The molecule has 1 unspecified atom stereocenters. The molecule has 2 heterocycles. The number of hydrogen-bond donors (Lipinski definition) is 2. The maximum absolute atomic E-state index is 5.61. The minimum Gasteiger partial charge on any atom is -0.368 e. The van der Waals surface area contributed by atoms with Crippen molar-refractivity contribution in [3.8, 4) is 0 Å². The number of nitrogens with one attached hydrogen (secondary N) is 1. The maximum Gasteiger partial charge on any atom is 0.222 e. The van der Waals surface area contributed by atoms with Crippen molar-refractivity contribution in [1.82, 2.24) is 20.1 Å². The quantitative estimate of drug-likeness (QED) is 0.595. The second-order valence-corrected chi connectivity index (χ2v) is 5.25. The fourth-order valence-corrected chi connectivity index (χ4v) is 2.83. The molecule has 3 N–H and O–H groups in total. The molecule has 90 valence electrons. The van der Waals surface area contributed by atoms with Gasteiger partial charge >= 0.3 is 0 Å². The summed E-state index contributed by atoms with van der Waals surface area (Å²) in [7, 11) is 1.90. The molecule has 1 fully saturated rings. The van der Waals surface area contributed by atoms with Crippen molar-refractivity contribution < 1.29 is 0 Å². The van der Waals surface area contributed by atoms with Crippen LogP contribution in [0.5, 0.6) is 0 Å². The van der Waals surface area contributed by atoms with Crippen molar-refractivity contribution in [3.05, 3.63) is 0 Å². The summed E-state index contributed by atoms with van der Waals surface area (Å²) >= 11 is 1.73. The van der Waals surface area contributed by atoms with Crippen LogP contribution in [0.1, 0.15) is 25.7 Å². The summed E-state index contributed by atoms with van der Waals surface area (Å²) in [4.78, 5) is 0. The third-order valence-corrected chi connectivity index (χ3v) is 4.07. The molecule has 2 rings (SSSR count). The fraction of sp³-hybridized carbons (Fsp3) is 0.800. The Morgan fingerprint density at radius 1 is 1.56 bits per heavy atom. The Labute approximate surface area is 100 Å². The molecule has 0 aromatic carbocycles. The van der Waals surface area contributed by atoms with Crippen LogP contribution in [-0.4, -0.2) is 33.1 Å². The Bertz CT molecular complexity index is 332. The van der Waals surface area contributed by atoms with E-state index in [9.17, 15) is 0 Å². The normalized spacial score (nSPS) is 20.4. The van der Waals surface area contributed by atoms with E-state index in [2.05, 4.69) is 15.5 Å². The van der Waals surface area contributed by atoms with Crippen LogP contribution in [-0.2, 0) is 7.05 Å². The Morgan fingerprint density at radius 3 is 3.06 bits per heavy atom. The molecule has 0 radical (unpaired) electrons. The lowest BCUT2D eigenvalue weighted by Gasteiger charge is -2.08. The molecule has 1 aromatic heterocycles. The summed E-state index contributed by atoms with van der Waals surface area (Å²) < 4.78 is 1.83. The van der Waals surface area contributed by atoms with Crippen molar-refractivity contribution in [3.63, 3.8) is 0 Å². The van der Waals surface area contributed by atoms with Crippen molar-refractivity contribution in [2.75, 3.05) is 18.0 Å². The first kappa shape index (κ1) is 11.7. The number of nitrogen functional groups attached to an aromatic ring is 1. The van der Waals surface area contributed by atoms with E-state index in [4.69, 9.17) is 5.73 Å². The summed E-state index contributed by atoms with van der Waals surface area (Å²) in [5.74, 6) is 1.57. The standard InChI is InChI=1S/C10H19N5S/c1-15-9(11)13-14-10(15)16-7-3-5-8-4-2-6-12-8/h8,12H,2-7H2,1H3,(H2,11,13). The summed E-state index contributed by atoms with van der Waals surface area (Å²) in [5.41, 5.74) is 5.61. The van der Waals surface area contributed by atoms with Crippen molar-refractivity contribution >= 4 is 17.7 Å². The van der Waals surface area contributed by atoms with E-state index < -0.39 is 0 Å². The van der Waals surface area contributed by atoms with E-state index in [1.807, 2.05) is 11.6 Å². The number of anilines is 1. The van der Waals surface area contributed by atoms with Crippen LogP contribution in [0, 0.1) is 0 Å². The summed E-state index contributed by atoms with van der Waals surface area (Å²) in [6.07, 6.45) is 5.15. The molecular formula is C10H19N5S. The van der Waals surface area contributed by atoms with E-state index in [-0.39, 0.29) is 0 Å². The van der Waals surface area contributed by atoms with Crippen LogP contribution in [0.15, 0.2) is 5.16 Å². The summed E-state index contributed by atoms with van der Waals surface area (Å²) in [6, 6.07) is 0.741. The van der Waals surface area contributed by atoms with Gasteiger partial charge in [-0.15, -0.1) is 10.2 Å². The van der Waals surface area contributed by atoms with Gasteiger partial charge in [0.1, 0.15) is 0 Å². The largest absolute Gasteiger partial charge is 0.368 e. The second-order valence-electron chi connectivity index (χ2n) is 4.18. The molecule has 0 bridgehead atoms. The average molecular weight is 241 g/mol. The number of rotatable bonds is 5. The molecule has 1 aliphatic rings. The first-order chi connectivity index (χ1) is 7.77. The predicted molar refractivity (Wildman–Crippen MR) is 66.4 cm³/mol. The first-order valence-electron chi connectivity index (χ1n) is 5.78. The van der Waals surface area contributed by atoms with Crippen molar-refractivity contribution in [2.24, 2.45) is 7.05 Å². The number of nitrogens with two attached hydrogens (primary N) is 1. The smallest absolute Gasteiger partial charge is 0.222 e. The van der Waals surface area contributed by atoms with E-state index in [1.54, 1.807) is 11.8 Å². The Hall–Kier alpha value is -0.750. The third-order valence-electron chi connectivity index (χ3n) is 2.96. The third kappa shape index (κ3) is 2.89. The predicted octanol–water partition coefficient (Wildman–Crippen LogP) is 1.02. The van der Waals surface area contributed by atoms with Crippen LogP contribution < -0.4 is 11.1 Å². The minimum atomic E-state index is 0.486. The molecule has 16 heavy (non-hydrogen) atoms. The van der Waals surface area contributed by atoms with Gasteiger partial charge in [0.05, 0.1) is 0 Å². The van der Waals surface area contributed by atoms with Gasteiger partial charge in [-0.05, 0) is 32.2 Å². The minimum absolute atomic E-state index is 0.486. The van der Waals surface area contributed by atoms with E-state index in [0.717, 1.165) is 17.0 Å². The summed E-state index contributed by atoms with van der Waals surface area (Å²) in [5, 5.41) is 12.3. The second kappa shape index (κ2) is 5.54. The van der Waals surface area contributed by atoms with E-state index in [1.165, 1.54) is 32.2 Å². The summed E-state index contributed by atoms with van der Waals surface area (Å²) in [6.45, 7) is 1.19. The van der Waals surface area contributed by atoms with Gasteiger partial charge in [0.15, 0.2) is 5.16 Å². The van der Waals surface area contributed by atoms with Gasteiger partial charge in [0, 0.05) is 18.8 Å². The van der Waals surface area contributed by atoms with E-state index in [0.29, 0.717) is 5.95 Å². The van der Waals surface area contributed by atoms with Crippen LogP contribution >= 0.6 is 11.8 Å². The number of thioether (sulfide) groups is 1. The molecule has 1 atom stereocenters. The fourth-order valence-electron chi connectivity index (χ4n) is 1.95. The molecular weight excluding hydrogens is 222 g/mol. The van der Waals surface area contributed by atoms with Gasteiger partial charge in [-0.1, -0.05) is 11.8 Å². The highest BCUT2D eigenvalue weighted by atomic mass is 32.2. The maximum atomic E-state index is 5.61. The van der Waals surface area contributed by atoms with E-state index >= 15 is 0 Å². The molecule has 1 aliphatic heterocycles. The molecule has 0 saturated carbocycles. The highest BCUT2D eigenvalue weighted by molar-refractivity contribution is 7.99. The van der Waals surface area contributed by atoms with Gasteiger partial charge in [0.25, 0.3) is 0 Å². The average Bonchev–Trinajstić information content (AvgIpc) is 2.88. The van der Waals surface area contributed by atoms with Gasteiger partial charge < -0.3 is 11.1 Å². The highest BCUT2D eigenvalue weighted by Gasteiger charge is 2.13. The van der Waals surface area contributed by atoms with Gasteiger partial charge in [-0.25, -0.2) is 0 Å². The van der Waals surface area contributed by atoms with Crippen molar-refractivity contribution in [1.29, 1.82) is 0 Å². The lowest BCUT2D eigenvalue weighted by atomic mass is 10.1. The molecule has 0 amide bonds.